The molecule has 2 aliphatic rings. The Bertz CT molecular complexity index is 1210. The quantitative estimate of drug-likeness (QED) is 0.313. The molecule has 2 atom stereocenters. The van der Waals surface area contributed by atoms with Gasteiger partial charge in [-0.1, -0.05) is 42.5 Å². The Morgan fingerprint density at radius 1 is 1.02 bits per heavy atom. The number of hydrogen-bond donors (Lipinski definition) is 3. The Balaban J connectivity index is 1.31. The van der Waals surface area contributed by atoms with Crippen molar-refractivity contribution >= 4 is 29.3 Å². The second-order valence-corrected chi connectivity index (χ2v) is 10.7. The van der Waals surface area contributed by atoms with Gasteiger partial charge in [0, 0.05) is 32.7 Å². The molecule has 214 valence electrons. The summed E-state index contributed by atoms with van der Waals surface area (Å²) in [5, 5.41) is 5.68. The van der Waals surface area contributed by atoms with E-state index in [0.717, 1.165) is 54.5 Å². The molecule has 4 amide bonds. The van der Waals surface area contributed by atoms with Gasteiger partial charge >= 0.3 is 0 Å². The van der Waals surface area contributed by atoms with Crippen molar-refractivity contribution in [1.82, 2.24) is 10.6 Å². The van der Waals surface area contributed by atoms with Gasteiger partial charge in [0.1, 0.15) is 6.04 Å². The molecule has 0 spiro atoms. The number of nitrogens with one attached hydrogen (secondary N) is 2. The molecule has 0 fully saturated rings. The fraction of sp³-hybridized carbons (Fsp3) is 0.484. The Kier molecular flexibility index (Phi) is 10.3. The van der Waals surface area contributed by atoms with Crippen LogP contribution in [0.25, 0.3) is 0 Å². The van der Waals surface area contributed by atoms with E-state index in [2.05, 4.69) is 22.8 Å². The van der Waals surface area contributed by atoms with E-state index in [-0.39, 0.29) is 30.7 Å². The van der Waals surface area contributed by atoms with Crippen molar-refractivity contribution in [3.8, 4) is 0 Å². The van der Waals surface area contributed by atoms with E-state index in [1.165, 1.54) is 5.56 Å². The highest BCUT2D eigenvalue weighted by Crippen LogP contribution is 2.38. The van der Waals surface area contributed by atoms with Gasteiger partial charge < -0.3 is 21.1 Å². The molecule has 4 N–H and O–H groups in total. The zero-order valence-electron chi connectivity index (χ0n) is 23.2. The fourth-order valence-electron chi connectivity index (χ4n) is 5.51. The molecule has 2 aromatic carbocycles. The molecular weight excluding hydrogens is 508 g/mol. The van der Waals surface area contributed by atoms with E-state index >= 15 is 0 Å². The van der Waals surface area contributed by atoms with Gasteiger partial charge in [0.15, 0.2) is 0 Å². The minimum absolute atomic E-state index is 0.0244. The number of rotatable bonds is 14. The summed E-state index contributed by atoms with van der Waals surface area (Å²) < 4.78 is 5.95. The van der Waals surface area contributed by atoms with E-state index in [0.29, 0.717) is 32.3 Å². The molecular formula is C31H40N4O5. The van der Waals surface area contributed by atoms with Gasteiger partial charge in [-0.2, -0.15) is 0 Å². The molecule has 0 saturated carbocycles. The number of benzene rings is 2. The summed E-state index contributed by atoms with van der Waals surface area (Å²) in [6, 6.07) is 13.2. The lowest BCUT2D eigenvalue weighted by Crippen LogP contribution is -2.51. The minimum atomic E-state index is -0.610. The maximum atomic E-state index is 13.5. The summed E-state index contributed by atoms with van der Waals surface area (Å²) in [7, 11) is 1.65. The molecule has 9 nitrogen and oxygen atoms in total. The SMILES string of the molecule is CNC(=O)CCCCc1ccc(COC[C@H](CCC(N)=O)NC(=O)[C@@H]2Cc3cccc4c3N2C(=O)CCC4)cc1. The van der Waals surface area contributed by atoms with Gasteiger partial charge in [-0.3, -0.25) is 24.1 Å². The number of nitrogens with two attached hydrogens (primary N) is 1. The second-order valence-electron chi connectivity index (χ2n) is 10.7. The molecule has 0 bridgehead atoms. The van der Waals surface area contributed by atoms with Crippen LogP contribution in [0.3, 0.4) is 0 Å². The van der Waals surface area contributed by atoms with E-state index in [1.807, 2.05) is 30.3 Å². The molecule has 2 aromatic rings. The van der Waals surface area contributed by atoms with Crippen molar-refractivity contribution in [1.29, 1.82) is 0 Å². The molecule has 9 heteroatoms. The van der Waals surface area contributed by atoms with Gasteiger partial charge in [0.2, 0.25) is 23.6 Å². The van der Waals surface area contributed by atoms with Crippen LogP contribution in [-0.4, -0.2) is 49.4 Å². The Morgan fingerprint density at radius 3 is 2.52 bits per heavy atom. The summed E-state index contributed by atoms with van der Waals surface area (Å²) in [4.78, 5) is 50.9. The van der Waals surface area contributed by atoms with Crippen LogP contribution in [0.4, 0.5) is 5.69 Å². The summed E-state index contributed by atoms with van der Waals surface area (Å²) in [5.74, 6) is -0.638. The summed E-state index contributed by atoms with van der Waals surface area (Å²) >= 11 is 0. The zero-order chi connectivity index (χ0) is 28.5. The predicted molar refractivity (Wildman–Crippen MR) is 152 cm³/mol. The zero-order valence-corrected chi connectivity index (χ0v) is 23.2. The van der Waals surface area contributed by atoms with E-state index in [4.69, 9.17) is 10.5 Å². The van der Waals surface area contributed by atoms with Gasteiger partial charge in [-0.05, 0) is 60.8 Å². The number of nitrogens with zero attached hydrogens (tertiary/aromatic N) is 1. The maximum absolute atomic E-state index is 13.5. The third kappa shape index (κ3) is 7.69. The molecule has 0 aromatic heterocycles. The number of anilines is 1. The first-order valence-corrected chi connectivity index (χ1v) is 14.2. The standard InChI is InChI=1S/C31H40N4O5/c1-33-28(37)10-3-2-6-21-12-14-22(15-13-21)19-40-20-25(16-17-27(32)36)34-31(39)26-18-24-9-4-7-23-8-5-11-29(38)35(26)30(23)24/h4,7,9,12-15,25-26H,2-3,5-6,8,10-11,16-20H2,1H3,(H2,32,36)(H,33,37)(H,34,39)/t25-,26-/m0/s1. The van der Waals surface area contributed by atoms with Crippen molar-refractivity contribution < 1.29 is 23.9 Å². The number of carbonyl (C=O) groups excluding carboxylic acids is 4. The molecule has 2 heterocycles. The highest BCUT2D eigenvalue weighted by atomic mass is 16.5. The second kappa shape index (κ2) is 14.1. The molecule has 0 radical (unpaired) electrons. The summed E-state index contributed by atoms with van der Waals surface area (Å²) in [6.45, 7) is 0.585. The molecule has 0 unspecified atom stereocenters. The molecule has 2 aliphatic heterocycles. The molecule has 4 rings (SSSR count). The first kappa shape index (κ1) is 29.3. The Morgan fingerprint density at radius 2 is 1.77 bits per heavy atom. The van der Waals surface area contributed by atoms with Crippen LogP contribution in [-0.2, 0) is 49.8 Å². The average molecular weight is 549 g/mol. The van der Waals surface area contributed by atoms with E-state index < -0.39 is 18.0 Å². The van der Waals surface area contributed by atoms with Crippen LogP contribution in [0.5, 0.6) is 0 Å². The van der Waals surface area contributed by atoms with Crippen LogP contribution < -0.4 is 21.3 Å². The monoisotopic (exact) mass is 548 g/mol. The third-order valence-electron chi connectivity index (χ3n) is 7.67. The lowest BCUT2D eigenvalue weighted by molar-refractivity contribution is -0.127. The summed E-state index contributed by atoms with van der Waals surface area (Å²) in [5.41, 5.74) is 10.6. The van der Waals surface area contributed by atoms with Crippen molar-refractivity contribution in [3.05, 3.63) is 64.7 Å². The average Bonchev–Trinajstić information content (AvgIpc) is 3.26. The fourth-order valence-corrected chi connectivity index (χ4v) is 5.51. The van der Waals surface area contributed by atoms with Gasteiger partial charge in [0.25, 0.3) is 0 Å². The van der Waals surface area contributed by atoms with Crippen molar-refractivity contribution in [2.24, 2.45) is 5.73 Å². The summed E-state index contributed by atoms with van der Waals surface area (Å²) in [6.07, 6.45) is 6.22. The number of amides is 4. The van der Waals surface area contributed by atoms with Crippen LogP contribution in [0.15, 0.2) is 42.5 Å². The van der Waals surface area contributed by atoms with E-state index in [9.17, 15) is 19.2 Å². The number of ether oxygens (including phenoxy) is 1. The van der Waals surface area contributed by atoms with Crippen molar-refractivity contribution in [2.75, 3.05) is 18.6 Å². The van der Waals surface area contributed by atoms with Crippen molar-refractivity contribution in [2.45, 2.75) is 82.9 Å². The molecule has 40 heavy (non-hydrogen) atoms. The van der Waals surface area contributed by atoms with Crippen molar-refractivity contribution in [3.63, 3.8) is 0 Å². The van der Waals surface area contributed by atoms with Gasteiger partial charge in [-0.25, -0.2) is 0 Å². The molecule has 0 saturated heterocycles. The molecule has 0 aliphatic carbocycles. The maximum Gasteiger partial charge on any atom is 0.243 e. The number of aryl methyl sites for hydroxylation is 2. The Labute approximate surface area is 235 Å². The predicted octanol–water partition coefficient (Wildman–Crippen LogP) is 2.71. The third-order valence-corrected chi connectivity index (χ3v) is 7.67. The first-order valence-electron chi connectivity index (χ1n) is 14.2. The highest BCUT2D eigenvalue weighted by molar-refractivity contribution is 6.04. The number of carbonyl (C=O) groups is 4. The van der Waals surface area contributed by atoms with Gasteiger partial charge in [-0.15, -0.1) is 0 Å². The number of unbranched alkanes of at least 4 members (excludes halogenated alkanes) is 1. The number of hydrogen-bond acceptors (Lipinski definition) is 5. The topological polar surface area (TPSA) is 131 Å². The van der Waals surface area contributed by atoms with E-state index in [1.54, 1.807) is 11.9 Å². The van der Waals surface area contributed by atoms with Gasteiger partial charge in [0.05, 0.1) is 24.9 Å². The van der Waals surface area contributed by atoms with Crippen LogP contribution in [0.2, 0.25) is 0 Å². The highest BCUT2D eigenvalue weighted by Gasteiger charge is 2.40. The van der Waals surface area contributed by atoms with Crippen LogP contribution in [0.1, 0.15) is 67.2 Å². The number of para-hydroxylation sites is 1. The lowest BCUT2D eigenvalue weighted by atomic mass is 10.0. The minimum Gasteiger partial charge on any atom is -0.375 e. The first-order chi connectivity index (χ1) is 19.4. The lowest BCUT2D eigenvalue weighted by Gasteiger charge is -2.27. The van der Waals surface area contributed by atoms with Crippen LogP contribution >= 0.6 is 0 Å². The smallest absolute Gasteiger partial charge is 0.243 e. The normalized spacial score (nSPS) is 16.7. The van der Waals surface area contributed by atoms with Crippen LogP contribution in [0, 0.1) is 0 Å². The largest absolute Gasteiger partial charge is 0.375 e. The Hall–Kier alpha value is -3.72. The number of primary amides is 1.